The third-order valence-electron chi connectivity index (χ3n) is 6.33. The molecule has 2 N–H and O–H groups in total. The molecule has 13 nitrogen and oxygen atoms in total. The number of methoxy groups -OCH3 is 1. The van der Waals surface area contributed by atoms with Crippen molar-refractivity contribution in [1.82, 2.24) is 34.7 Å². The highest BCUT2D eigenvalue weighted by Crippen LogP contribution is 2.29. The van der Waals surface area contributed by atoms with Crippen molar-refractivity contribution in [3.63, 3.8) is 0 Å². The summed E-state index contributed by atoms with van der Waals surface area (Å²) in [5.41, 5.74) is 2.62. The maximum Gasteiger partial charge on any atom is 0.413 e. The Morgan fingerprint density at radius 2 is 1.88 bits per heavy atom. The summed E-state index contributed by atoms with van der Waals surface area (Å²) >= 11 is 6.27. The van der Waals surface area contributed by atoms with Crippen LogP contribution >= 0.6 is 11.6 Å². The normalized spacial score (nSPS) is 16.6. The van der Waals surface area contributed by atoms with Gasteiger partial charge in [-0.1, -0.05) is 11.6 Å². The van der Waals surface area contributed by atoms with Gasteiger partial charge in [0.1, 0.15) is 29.4 Å². The minimum absolute atomic E-state index is 0.0768. The molecule has 40 heavy (non-hydrogen) atoms. The van der Waals surface area contributed by atoms with Crippen LogP contribution in [0.4, 0.5) is 16.6 Å². The Bertz CT molecular complexity index is 1550. The van der Waals surface area contributed by atoms with E-state index < -0.39 is 6.09 Å². The fourth-order valence-corrected chi connectivity index (χ4v) is 4.64. The zero-order valence-corrected chi connectivity index (χ0v) is 22.5. The van der Waals surface area contributed by atoms with Crippen LogP contribution in [0.3, 0.4) is 0 Å². The number of nitrogens with zero attached hydrogens (tertiary/aromatic N) is 8. The Morgan fingerprint density at radius 1 is 1.10 bits per heavy atom. The third-order valence-corrected chi connectivity index (χ3v) is 6.61. The topological polar surface area (TPSA) is 166 Å². The zero-order chi connectivity index (χ0) is 28.1. The molecule has 0 bridgehead atoms. The molecule has 0 aromatic carbocycles. The predicted octanol–water partition coefficient (Wildman–Crippen LogP) is 4.23. The van der Waals surface area contributed by atoms with E-state index in [-0.39, 0.29) is 23.7 Å². The number of amides is 1. The van der Waals surface area contributed by atoms with Crippen LogP contribution in [0, 0.1) is 11.3 Å². The van der Waals surface area contributed by atoms with E-state index in [1.165, 1.54) is 13.3 Å². The van der Waals surface area contributed by atoms with E-state index in [4.69, 9.17) is 21.1 Å². The summed E-state index contributed by atoms with van der Waals surface area (Å²) in [6, 6.07) is 5.95. The van der Waals surface area contributed by atoms with Crippen molar-refractivity contribution in [2.24, 2.45) is 7.05 Å². The largest absolute Gasteiger partial charge is 0.467 e. The average Bonchev–Trinajstić information content (AvgIpc) is 3.31. The van der Waals surface area contributed by atoms with Crippen molar-refractivity contribution >= 4 is 29.5 Å². The number of ether oxygens (including phenoxy) is 2. The SMILES string of the molecule is COc1ncc(-c2ccnc(NC(=O)OC3CCC(Nc4ncc(C#N)c(-c5nn(C)cc5Cl)n4)CC3)c2)cn1. The van der Waals surface area contributed by atoms with Crippen LogP contribution in [0.1, 0.15) is 31.2 Å². The van der Waals surface area contributed by atoms with Crippen LogP contribution in [-0.4, -0.2) is 60.0 Å². The Balaban J connectivity index is 1.14. The number of rotatable bonds is 7. The maximum atomic E-state index is 12.6. The molecule has 204 valence electrons. The second kappa shape index (κ2) is 11.9. The van der Waals surface area contributed by atoms with Gasteiger partial charge in [0, 0.05) is 43.4 Å². The first-order valence-corrected chi connectivity index (χ1v) is 12.8. The lowest BCUT2D eigenvalue weighted by atomic mass is 9.93. The van der Waals surface area contributed by atoms with Crippen LogP contribution < -0.4 is 15.4 Å². The van der Waals surface area contributed by atoms with Gasteiger partial charge in [-0.15, -0.1) is 0 Å². The number of pyridine rings is 1. The van der Waals surface area contributed by atoms with Gasteiger partial charge in [-0.3, -0.25) is 10.00 Å². The molecule has 4 aromatic heterocycles. The van der Waals surface area contributed by atoms with Gasteiger partial charge in [0.2, 0.25) is 5.95 Å². The number of halogens is 1. The molecule has 1 aliphatic carbocycles. The van der Waals surface area contributed by atoms with Gasteiger partial charge >= 0.3 is 12.1 Å². The van der Waals surface area contributed by atoms with Crippen molar-refractivity contribution in [2.75, 3.05) is 17.7 Å². The summed E-state index contributed by atoms with van der Waals surface area (Å²) in [7, 11) is 3.24. The molecule has 0 aliphatic heterocycles. The summed E-state index contributed by atoms with van der Waals surface area (Å²) < 4.78 is 12.2. The van der Waals surface area contributed by atoms with E-state index in [0.717, 1.165) is 24.0 Å². The molecule has 4 heterocycles. The molecular formula is C26H25ClN10O3. The molecule has 1 amide bonds. The van der Waals surface area contributed by atoms with Gasteiger partial charge in [-0.2, -0.15) is 10.4 Å². The van der Waals surface area contributed by atoms with Crippen LogP contribution in [0.15, 0.2) is 43.1 Å². The van der Waals surface area contributed by atoms with Gasteiger partial charge in [0.25, 0.3) is 0 Å². The van der Waals surface area contributed by atoms with Gasteiger partial charge in [0.05, 0.1) is 23.9 Å². The second-order valence-corrected chi connectivity index (χ2v) is 9.51. The number of aromatic nitrogens is 7. The molecule has 0 radical (unpaired) electrons. The number of hydrogen-bond acceptors (Lipinski definition) is 11. The number of aryl methyl sites for hydroxylation is 1. The number of carbonyl (C=O) groups excluding carboxylic acids is 1. The van der Waals surface area contributed by atoms with Crippen LogP contribution in [0.25, 0.3) is 22.5 Å². The average molecular weight is 561 g/mol. The number of carbonyl (C=O) groups is 1. The molecule has 0 saturated heterocycles. The Kier molecular flexibility index (Phi) is 7.97. The zero-order valence-electron chi connectivity index (χ0n) is 21.7. The molecule has 1 aliphatic rings. The number of nitrogens with one attached hydrogen (secondary N) is 2. The van der Waals surface area contributed by atoms with Gasteiger partial charge in [-0.05, 0) is 43.4 Å². The molecule has 4 aromatic rings. The second-order valence-electron chi connectivity index (χ2n) is 9.10. The lowest BCUT2D eigenvalue weighted by Crippen LogP contribution is -2.32. The quantitative estimate of drug-likeness (QED) is 0.332. The number of nitriles is 1. The summed E-state index contributed by atoms with van der Waals surface area (Å²) in [6.07, 6.45) is 9.96. The van der Waals surface area contributed by atoms with E-state index in [1.807, 2.05) is 0 Å². The minimum atomic E-state index is -0.570. The standard InChI is InChI=1S/C26H25ClN10O3/c1-37-14-20(27)23(36-37)22-16(10-28)11-30-24(35-22)33-18-3-5-19(6-4-18)40-26(38)34-21-9-15(7-8-29-21)17-12-31-25(39-2)32-13-17/h7-9,11-14,18-19H,3-6H2,1-2H3,(H,29,34,38)(H,30,33,35). The number of hydrogen-bond donors (Lipinski definition) is 2. The first-order valence-electron chi connectivity index (χ1n) is 12.4. The number of anilines is 2. The van der Waals surface area contributed by atoms with E-state index >= 15 is 0 Å². The lowest BCUT2D eigenvalue weighted by Gasteiger charge is -2.28. The van der Waals surface area contributed by atoms with Crippen LogP contribution in [-0.2, 0) is 11.8 Å². The van der Waals surface area contributed by atoms with E-state index in [1.54, 1.807) is 48.6 Å². The molecule has 1 fully saturated rings. The summed E-state index contributed by atoms with van der Waals surface area (Å²) in [4.78, 5) is 33.8. The van der Waals surface area contributed by atoms with Crippen molar-refractivity contribution in [2.45, 2.75) is 37.8 Å². The van der Waals surface area contributed by atoms with E-state index in [2.05, 4.69) is 46.7 Å². The fourth-order valence-electron chi connectivity index (χ4n) is 4.38. The predicted molar refractivity (Wildman–Crippen MR) is 146 cm³/mol. The van der Waals surface area contributed by atoms with Crippen molar-refractivity contribution in [1.29, 1.82) is 5.26 Å². The minimum Gasteiger partial charge on any atom is -0.467 e. The maximum absolute atomic E-state index is 12.6. The van der Waals surface area contributed by atoms with E-state index in [0.29, 0.717) is 41.0 Å². The first-order chi connectivity index (χ1) is 19.4. The Hall–Kier alpha value is -4.83. The Labute approximate surface area is 234 Å². The van der Waals surface area contributed by atoms with Gasteiger partial charge in [0.15, 0.2) is 0 Å². The Morgan fingerprint density at radius 3 is 2.55 bits per heavy atom. The van der Waals surface area contributed by atoms with Crippen LogP contribution in [0.2, 0.25) is 5.02 Å². The van der Waals surface area contributed by atoms with Crippen molar-refractivity contribution in [3.8, 4) is 34.6 Å². The first kappa shape index (κ1) is 26.8. The molecule has 0 atom stereocenters. The van der Waals surface area contributed by atoms with Crippen molar-refractivity contribution < 1.29 is 14.3 Å². The highest BCUT2D eigenvalue weighted by molar-refractivity contribution is 6.33. The van der Waals surface area contributed by atoms with Gasteiger partial charge < -0.3 is 14.8 Å². The molecule has 14 heteroatoms. The fraction of sp³-hybridized carbons (Fsp3) is 0.308. The summed E-state index contributed by atoms with van der Waals surface area (Å²) in [6.45, 7) is 0. The highest BCUT2D eigenvalue weighted by Gasteiger charge is 2.25. The molecule has 5 rings (SSSR count). The van der Waals surface area contributed by atoms with Crippen LogP contribution in [0.5, 0.6) is 6.01 Å². The lowest BCUT2D eigenvalue weighted by molar-refractivity contribution is 0.0840. The highest BCUT2D eigenvalue weighted by atomic mass is 35.5. The summed E-state index contributed by atoms with van der Waals surface area (Å²) in [5.74, 6) is 0.737. The van der Waals surface area contributed by atoms with Crippen molar-refractivity contribution in [3.05, 3.63) is 53.7 Å². The third kappa shape index (κ3) is 6.24. The molecule has 1 saturated carbocycles. The molecular weight excluding hydrogens is 536 g/mol. The van der Waals surface area contributed by atoms with E-state index in [9.17, 15) is 10.1 Å². The molecule has 0 spiro atoms. The molecule has 0 unspecified atom stereocenters. The monoisotopic (exact) mass is 560 g/mol. The smallest absolute Gasteiger partial charge is 0.413 e. The van der Waals surface area contributed by atoms with Gasteiger partial charge in [-0.25, -0.2) is 29.7 Å². The summed E-state index contributed by atoms with van der Waals surface area (Å²) in [5, 5.41) is 20.2.